The van der Waals surface area contributed by atoms with Crippen LogP contribution in [0.2, 0.25) is 0 Å². The van der Waals surface area contributed by atoms with Gasteiger partial charge < -0.3 is 5.11 Å². The number of aliphatic hydroxyl groups is 1. The Bertz CT molecular complexity index is 315. The standard InChI is InChI=1S/C13H20N2O/c1-2-10-4-5-12(16)11(8-10)9-13-14-6-3-7-15-13/h3,6-7,10-12,16H,2,4-5,8-9H2,1H3. The van der Waals surface area contributed by atoms with Gasteiger partial charge in [-0.25, -0.2) is 9.97 Å². The first-order valence-corrected chi connectivity index (χ1v) is 6.23. The first kappa shape index (κ1) is 11.5. The fourth-order valence-corrected chi connectivity index (χ4v) is 2.61. The van der Waals surface area contributed by atoms with E-state index in [4.69, 9.17) is 0 Å². The van der Waals surface area contributed by atoms with Crippen LogP contribution in [-0.4, -0.2) is 21.2 Å². The molecular formula is C13H20N2O. The third-order valence-corrected chi connectivity index (χ3v) is 3.69. The number of aromatic nitrogens is 2. The number of nitrogens with zero attached hydrogens (tertiary/aromatic N) is 2. The Labute approximate surface area is 96.9 Å². The summed E-state index contributed by atoms with van der Waals surface area (Å²) in [5, 5.41) is 9.99. The van der Waals surface area contributed by atoms with Crippen LogP contribution in [0, 0.1) is 11.8 Å². The molecule has 1 aromatic heterocycles. The smallest absolute Gasteiger partial charge is 0.128 e. The fourth-order valence-electron chi connectivity index (χ4n) is 2.61. The van der Waals surface area contributed by atoms with Crippen LogP contribution in [0.4, 0.5) is 0 Å². The van der Waals surface area contributed by atoms with E-state index in [0.29, 0.717) is 5.92 Å². The summed E-state index contributed by atoms with van der Waals surface area (Å²) < 4.78 is 0. The Balaban J connectivity index is 1.97. The molecule has 0 radical (unpaired) electrons. The molecule has 3 atom stereocenters. The minimum Gasteiger partial charge on any atom is -0.393 e. The van der Waals surface area contributed by atoms with Crippen LogP contribution >= 0.6 is 0 Å². The van der Waals surface area contributed by atoms with E-state index < -0.39 is 0 Å². The van der Waals surface area contributed by atoms with Crippen molar-refractivity contribution in [2.24, 2.45) is 11.8 Å². The number of hydrogen-bond acceptors (Lipinski definition) is 3. The zero-order valence-electron chi connectivity index (χ0n) is 9.84. The molecule has 1 aliphatic rings. The maximum atomic E-state index is 9.99. The molecule has 1 heterocycles. The van der Waals surface area contributed by atoms with Crippen LogP contribution in [0.15, 0.2) is 18.5 Å². The monoisotopic (exact) mass is 220 g/mol. The third kappa shape index (κ3) is 2.79. The highest BCUT2D eigenvalue weighted by Gasteiger charge is 2.28. The van der Waals surface area contributed by atoms with E-state index in [1.807, 2.05) is 6.07 Å². The first-order chi connectivity index (χ1) is 7.79. The van der Waals surface area contributed by atoms with Crippen molar-refractivity contribution in [1.29, 1.82) is 0 Å². The molecule has 1 aliphatic carbocycles. The molecule has 16 heavy (non-hydrogen) atoms. The van der Waals surface area contributed by atoms with Gasteiger partial charge >= 0.3 is 0 Å². The molecule has 0 saturated heterocycles. The van der Waals surface area contributed by atoms with Gasteiger partial charge in [0.1, 0.15) is 5.82 Å². The molecule has 3 nitrogen and oxygen atoms in total. The average molecular weight is 220 g/mol. The van der Waals surface area contributed by atoms with Crippen molar-refractivity contribution in [3.8, 4) is 0 Å². The second-order valence-electron chi connectivity index (χ2n) is 4.78. The second-order valence-corrected chi connectivity index (χ2v) is 4.78. The maximum absolute atomic E-state index is 9.99. The molecule has 3 unspecified atom stereocenters. The molecule has 88 valence electrons. The molecule has 0 amide bonds. The van der Waals surface area contributed by atoms with Crippen LogP contribution in [0.1, 0.15) is 38.4 Å². The third-order valence-electron chi connectivity index (χ3n) is 3.69. The largest absolute Gasteiger partial charge is 0.393 e. The highest BCUT2D eigenvalue weighted by Crippen LogP contribution is 2.32. The van der Waals surface area contributed by atoms with Gasteiger partial charge in [0.05, 0.1) is 6.10 Å². The topological polar surface area (TPSA) is 46.0 Å². The predicted molar refractivity (Wildman–Crippen MR) is 62.9 cm³/mol. The summed E-state index contributed by atoms with van der Waals surface area (Å²) in [6, 6.07) is 1.83. The molecule has 1 saturated carbocycles. The molecule has 0 aromatic carbocycles. The summed E-state index contributed by atoms with van der Waals surface area (Å²) in [5.74, 6) is 1.99. The van der Waals surface area contributed by atoms with Gasteiger partial charge in [0, 0.05) is 18.8 Å². The van der Waals surface area contributed by atoms with E-state index in [1.165, 1.54) is 12.8 Å². The zero-order chi connectivity index (χ0) is 11.4. The zero-order valence-corrected chi connectivity index (χ0v) is 9.84. The van der Waals surface area contributed by atoms with E-state index in [0.717, 1.165) is 31.0 Å². The molecule has 1 aromatic rings. The van der Waals surface area contributed by atoms with Crippen LogP contribution in [0.5, 0.6) is 0 Å². The van der Waals surface area contributed by atoms with Crippen molar-refractivity contribution in [1.82, 2.24) is 9.97 Å². The van der Waals surface area contributed by atoms with Gasteiger partial charge in [-0.3, -0.25) is 0 Å². The van der Waals surface area contributed by atoms with Gasteiger partial charge in [-0.1, -0.05) is 13.3 Å². The summed E-state index contributed by atoms with van der Waals surface area (Å²) in [6.45, 7) is 2.23. The summed E-state index contributed by atoms with van der Waals surface area (Å²) in [4.78, 5) is 8.47. The van der Waals surface area contributed by atoms with Crippen molar-refractivity contribution >= 4 is 0 Å². The Kier molecular flexibility index (Phi) is 3.88. The van der Waals surface area contributed by atoms with Crippen molar-refractivity contribution in [2.75, 3.05) is 0 Å². The normalized spacial score (nSPS) is 30.2. The van der Waals surface area contributed by atoms with Gasteiger partial charge in [0.2, 0.25) is 0 Å². The summed E-state index contributed by atoms with van der Waals surface area (Å²) in [5.41, 5.74) is 0. The Hall–Kier alpha value is -0.960. The van der Waals surface area contributed by atoms with Gasteiger partial charge in [0.25, 0.3) is 0 Å². The van der Waals surface area contributed by atoms with Crippen LogP contribution in [-0.2, 0) is 6.42 Å². The molecule has 1 N–H and O–H groups in total. The van der Waals surface area contributed by atoms with Crippen molar-refractivity contribution in [3.63, 3.8) is 0 Å². The molecule has 0 aliphatic heterocycles. The predicted octanol–water partition coefficient (Wildman–Crippen LogP) is 2.21. The van der Waals surface area contributed by atoms with Crippen LogP contribution in [0.3, 0.4) is 0 Å². The first-order valence-electron chi connectivity index (χ1n) is 6.23. The van der Waals surface area contributed by atoms with E-state index in [9.17, 15) is 5.11 Å². The average Bonchev–Trinajstić information content (AvgIpc) is 2.33. The quantitative estimate of drug-likeness (QED) is 0.849. The Morgan fingerprint density at radius 2 is 2.06 bits per heavy atom. The van der Waals surface area contributed by atoms with E-state index >= 15 is 0 Å². The van der Waals surface area contributed by atoms with Gasteiger partial charge in [-0.15, -0.1) is 0 Å². The summed E-state index contributed by atoms with van der Waals surface area (Å²) >= 11 is 0. The van der Waals surface area contributed by atoms with Crippen molar-refractivity contribution < 1.29 is 5.11 Å². The summed E-state index contributed by atoms with van der Waals surface area (Å²) in [6.07, 6.45) is 8.66. The number of aliphatic hydroxyl groups excluding tert-OH is 1. The molecule has 0 spiro atoms. The maximum Gasteiger partial charge on any atom is 0.128 e. The van der Waals surface area contributed by atoms with Crippen LogP contribution < -0.4 is 0 Å². The van der Waals surface area contributed by atoms with E-state index in [2.05, 4.69) is 16.9 Å². The SMILES string of the molecule is CCC1CCC(O)C(Cc2ncccn2)C1. The Morgan fingerprint density at radius 1 is 1.31 bits per heavy atom. The van der Waals surface area contributed by atoms with Crippen molar-refractivity contribution in [3.05, 3.63) is 24.3 Å². The summed E-state index contributed by atoms with van der Waals surface area (Å²) in [7, 11) is 0. The minimum atomic E-state index is -0.161. The molecule has 3 heteroatoms. The lowest BCUT2D eigenvalue weighted by Gasteiger charge is -2.32. The fraction of sp³-hybridized carbons (Fsp3) is 0.692. The lowest BCUT2D eigenvalue weighted by atomic mass is 9.77. The lowest BCUT2D eigenvalue weighted by molar-refractivity contribution is 0.0465. The van der Waals surface area contributed by atoms with E-state index in [1.54, 1.807) is 12.4 Å². The van der Waals surface area contributed by atoms with Crippen molar-refractivity contribution in [2.45, 2.75) is 45.1 Å². The van der Waals surface area contributed by atoms with E-state index in [-0.39, 0.29) is 6.10 Å². The Morgan fingerprint density at radius 3 is 2.75 bits per heavy atom. The van der Waals surface area contributed by atoms with Gasteiger partial charge in [-0.2, -0.15) is 0 Å². The van der Waals surface area contributed by atoms with Gasteiger partial charge in [0.15, 0.2) is 0 Å². The molecule has 0 bridgehead atoms. The second kappa shape index (κ2) is 5.39. The number of hydrogen-bond donors (Lipinski definition) is 1. The minimum absolute atomic E-state index is 0.161. The lowest BCUT2D eigenvalue weighted by Crippen LogP contribution is -2.30. The molecular weight excluding hydrogens is 200 g/mol. The molecule has 2 rings (SSSR count). The highest BCUT2D eigenvalue weighted by atomic mass is 16.3. The number of rotatable bonds is 3. The van der Waals surface area contributed by atoms with Gasteiger partial charge in [-0.05, 0) is 37.2 Å². The highest BCUT2D eigenvalue weighted by molar-refractivity contribution is 4.93. The van der Waals surface area contributed by atoms with Crippen LogP contribution in [0.25, 0.3) is 0 Å². The molecule has 1 fully saturated rings.